The monoisotopic (exact) mass is 201 g/mol. The summed E-state index contributed by atoms with van der Waals surface area (Å²) in [5, 5.41) is 3.31. The number of likely N-dealkylation sites (N-methyl/N-ethyl adjacent to an activating group) is 1. The van der Waals surface area contributed by atoms with Gasteiger partial charge in [-0.3, -0.25) is 9.69 Å². The van der Waals surface area contributed by atoms with Gasteiger partial charge in [0.15, 0.2) is 0 Å². The van der Waals surface area contributed by atoms with Gasteiger partial charge in [0.1, 0.15) is 0 Å². The van der Waals surface area contributed by atoms with Crippen molar-refractivity contribution in [2.24, 2.45) is 0 Å². The number of nitrogens with one attached hydrogen (secondary N) is 1. The molecule has 84 valence electrons. The summed E-state index contributed by atoms with van der Waals surface area (Å²) >= 11 is 0. The molecule has 0 bridgehead atoms. The Morgan fingerprint density at radius 1 is 1.36 bits per heavy atom. The third-order valence-electron chi connectivity index (χ3n) is 2.29. The molecule has 1 amide bonds. The van der Waals surface area contributed by atoms with E-state index in [1.54, 1.807) is 19.0 Å². The highest BCUT2D eigenvalue weighted by Crippen LogP contribution is 1.95. The molecule has 1 rings (SSSR count). The minimum atomic E-state index is 0. The Hall–Kier alpha value is -0.610. The zero-order valence-corrected chi connectivity index (χ0v) is 8.55. The molecule has 0 spiro atoms. The van der Waals surface area contributed by atoms with Gasteiger partial charge in [-0.05, 0) is 19.5 Å². The summed E-state index contributed by atoms with van der Waals surface area (Å²) in [6.45, 7) is 4.66. The summed E-state index contributed by atoms with van der Waals surface area (Å²) in [5.74, 6) is 0.196. The Labute approximate surface area is 87.3 Å². The lowest BCUT2D eigenvalue weighted by atomic mass is 10.4. The van der Waals surface area contributed by atoms with Crippen molar-refractivity contribution in [3.05, 3.63) is 0 Å². The largest absolute Gasteiger partial charge is 0.348 e. The summed E-state index contributed by atoms with van der Waals surface area (Å²) in [5.41, 5.74) is 0. The normalized spacial score (nSPS) is 18.1. The SMILES string of the molecule is C.CN(C)C(=O)CN1CCCNCC1. The Balaban J connectivity index is 0.00000169. The second-order valence-electron chi connectivity index (χ2n) is 3.67. The molecule has 1 aliphatic rings. The van der Waals surface area contributed by atoms with Gasteiger partial charge in [-0.25, -0.2) is 0 Å². The third-order valence-corrected chi connectivity index (χ3v) is 2.29. The van der Waals surface area contributed by atoms with Crippen molar-refractivity contribution in [2.45, 2.75) is 13.8 Å². The van der Waals surface area contributed by atoms with Crippen LogP contribution in [-0.4, -0.2) is 62.5 Å². The number of rotatable bonds is 2. The summed E-state index contributed by atoms with van der Waals surface area (Å²) in [6.07, 6.45) is 1.14. The van der Waals surface area contributed by atoms with E-state index in [0.29, 0.717) is 6.54 Å². The van der Waals surface area contributed by atoms with E-state index in [9.17, 15) is 4.79 Å². The Morgan fingerprint density at radius 2 is 2.07 bits per heavy atom. The van der Waals surface area contributed by atoms with Gasteiger partial charge in [-0.2, -0.15) is 0 Å². The summed E-state index contributed by atoms with van der Waals surface area (Å²) in [4.78, 5) is 15.2. The van der Waals surface area contributed by atoms with Crippen molar-refractivity contribution in [2.75, 3.05) is 46.8 Å². The Bertz CT molecular complexity index is 163. The molecule has 4 nitrogen and oxygen atoms in total. The van der Waals surface area contributed by atoms with Gasteiger partial charge >= 0.3 is 0 Å². The molecule has 0 saturated carbocycles. The topological polar surface area (TPSA) is 35.6 Å². The van der Waals surface area contributed by atoms with Gasteiger partial charge in [0.2, 0.25) is 5.91 Å². The molecule has 14 heavy (non-hydrogen) atoms. The van der Waals surface area contributed by atoms with Crippen molar-refractivity contribution < 1.29 is 4.79 Å². The quantitative estimate of drug-likeness (QED) is 0.683. The van der Waals surface area contributed by atoms with Crippen molar-refractivity contribution >= 4 is 5.91 Å². The molecule has 0 aromatic heterocycles. The van der Waals surface area contributed by atoms with Crippen LogP contribution in [0.1, 0.15) is 13.8 Å². The maximum Gasteiger partial charge on any atom is 0.236 e. The molecule has 0 aliphatic carbocycles. The predicted octanol–water partition coefficient (Wildman–Crippen LogP) is 0.00600. The van der Waals surface area contributed by atoms with Crippen LogP contribution in [0.15, 0.2) is 0 Å². The van der Waals surface area contributed by atoms with Gasteiger partial charge in [-0.15, -0.1) is 0 Å². The minimum Gasteiger partial charge on any atom is -0.348 e. The van der Waals surface area contributed by atoms with Crippen LogP contribution < -0.4 is 5.32 Å². The Kier molecular flexibility index (Phi) is 6.49. The third kappa shape index (κ3) is 4.58. The van der Waals surface area contributed by atoms with E-state index < -0.39 is 0 Å². The molecule has 0 atom stereocenters. The Morgan fingerprint density at radius 3 is 2.71 bits per heavy atom. The molecule has 1 fully saturated rings. The fourth-order valence-electron chi connectivity index (χ4n) is 1.39. The molecule has 0 aromatic rings. The first-order chi connectivity index (χ1) is 6.20. The molecule has 0 unspecified atom stereocenters. The van der Waals surface area contributed by atoms with Crippen molar-refractivity contribution in [3.63, 3.8) is 0 Å². The number of amides is 1. The highest BCUT2D eigenvalue weighted by Gasteiger charge is 2.13. The molecule has 1 saturated heterocycles. The van der Waals surface area contributed by atoms with E-state index in [1.165, 1.54) is 0 Å². The fourth-order valence-corrected chi connectivity index (χ4v) is 1.39. The zero-order valence-electron chi connectivity index (χ0n) is 8.55. The highest BCUT2D eigenvalue weighted by molar-refractivity contribution is 5.77. The van der Waals surface area contributed by atoms with Gasteiger partial charge in [0.05, 0.1) is 6.54 Å². The second kappa shape index (κ2) is 6.79. The van der Waals surface area contributed by atoms with Crippen LogP contribution in [0.4, 0.5) is 0 Å². The van der Waals surface area contributed by atoms with Crippen molar-refractivity contribution in [1.82, 2.24) is 15.1 Å². The van der Waals surface area contributed by atoms with E-state index >= 15 is 0 Å². The second-order valence-corrected chi connectivity index (χ2v) is 3.67. The average Bonchev–Trinajstić information content (AvgIpc) is 2.32. The summed E-state index contributed by atoms with van der Waals surface area (Å²) in [6, 6.07) is 0. The van der Waals surface area contributed by atoms with Crippen LogP contribution in [0.5, 0.6) is 0 Å². The van der Waals surface area contributed by atoms with Crippen LogP contribution >= 0.6 is 0 Å². The van der Waals surface area contributed by atoms with Crippen molar-refractivity contribution in [1.29, 1.82) is 0 Å². The summed E-state index contributed by atoms with van der Waals surface area (Å²) in [7, 11) is 3.61. The highest BCUT2D eigenvalue weighted by atomic mass is 16.2. The van der Waals surface area contributed by atoms with Crippen molar-refractivity contribution in [3.8, 4) is 0 Å². The molecular weight excluding hydrogens is 178 g/mol. The first kappa shape index (κ1) is 13.4. The van der Waals surface area contributed by atoms with Crippen LogP contribution in [0.25, 0.3) is 0 Å². The smallest absolute Gasteiger partial charge is 0.236 e. The number of carbonyl (C=O) groups excluding carboxylic acids is 1. The first-order valence-corrected chi connectivity index (χ1v) is 4.83. The standard InChI is InChI=1S/C9H19N3O.CH4/c1-11(2)9(13)8-12-6-3-4-10-5-7-12;/h10H,3-8H2,1-2H3;1H4. The molecule has 0 aromatic carbocycles. The molecule has 4 heteroatoms. The number of carbonyl (C=O) groups is 1. The number of hydrogen-bond donors (Lipinski definition) is 1. The zero-order chi connectivity index (χ0) is 9.68. The van der Waals surface area contributed by atoms with E-state index in [2.05, 4.69) is 10.2 Å². The maximum absolute atomic E-state index is 11.4. The van der Waals surface area contributed by atoms with Crippen LogP contribution in [0, 0.1) is 0 Å². The van der Waals surface area contributed by atoms with E-state index in [1.807, 2.05) is 0 Å². The van der Waals surface area contributed by atoms with Gasteiger partial charge in [-0.1, -0.05) is 7.43 Å². The fraction of sp³-hybridized carbons (Fsp3) is 0.900. The van der Waals surface area contributed by atoms with Gasteiger partial charge in [0.25, 0.3) is 0 Å². The maximum atomic E-state index is 11.4. The van der Waals surface area contributed by atoms with E-state index in [0.717, 1.165) is 32.6 Å². The first-order valence-electron chi connectivity index (χ1n) is 4.83. The minimum absolute atomic E-state index is 0. The van der Waals surface area contributed by atoms with Crippen LogP contribution in [-0.2, 0) is 4.79 Å². The average molecular weight is 201 g/mol. The van der Waals surface area contributed by atoms with Gasteiger partial charge < -0.3 is 10.2 Å². The lowest BCUT2D eigenvalue weighted by Gasteiger charge is -2.20. The molecule has 1 heterocycles. The lowest BCUT2D eigenvalue weighted by Crippen LogP contribution is -2.38. The molecule has 1 aliphatic heterocycles. The predicted molar refractivity (Wildman–Crippen MR) is 59.4 cm³/mol. The van der Waals surface area contributed by atoms with E-state index in [4.69, 9.17) is 0 Å². The van der Waals surface area contributed by atoms with E-state index in [-0.39, 0.29) is 13.3 Å². The number of nitrogens with zero attached hydrogens (tertiary/aromatic N) is 2. The molecule has 0 radical (unpaired) electrons. The lowest BCUT2D eigenvalue weighted by molar-refractivity contribution is -0.129. The van der Waals surface area contributed by atoms with Crippen LogP contribution in [0.3, 0.4) is 0 Å². The number of hydrogen-bond acceptors (Lipinski definition) is 3. The summed E-state index contributed by atoms with van der Waals surface area (Å²) < 4.78 is 0. The van der Waals surface area contributed by atoms with Gasteiger partial charge in [0, 0.05) is 27.2 Å². The molecule has 1 N–H and O–H groups in total. The van der Waals surface area contributed by atoms with Crippen LogP contribution in [0.2, 0.25) is 0 Å². The molecular formula is C10H23N3O.